The van der Waals surface area contributed by atoms with E-state index in [1.807, 2.05) is 0 Å². The Kier molecular flexibility index (Phi) is 8.26. The van der Waals surface area contributed by atoms with Gasteiger partial charge in [0.1, 0.15) is 29.6 Å². The number of aromatic amines is 1. The number of aliphatic hydroxyl groups excluding tert-OH is 1. The van der Waals surface area contributed by atoms with Crippen molar-refractivity contribution < 1.29 is 37.7 Å². The van der Waals surface area contributed by atoms with Crippen LogP contribution in [0.25, 0.3) is 0 Å². The molecule has 3 N–H and O–H groups in total. The molecule has 1 aromatic heterocycles. The summed E-state index contributed by atoms with van der Waals surface area (Å²) in [6.45, 7) is 6.16. The van der Waals surface area contributed by atoms with E-state index in [1.165, 1.54) is 13.1 Å². The highest BCUT2D eigenvalue weighted by Gasteiger charge is 2.61. The second kappa shape index (κ2) is 11.1. The number of H-pyrrole nitrogens is 1. The number of hydrogen-bond donors (Lipinski definition) is 3. The molecule has 14 heteroatoms. The number of carbonyl (C=O) groups excluding carboxylic acids is 1. The quantitative estimate of drug-likeness (QED) is 0.288. The maximum atomic E-state index is 13.9. The Morgan fingerprint density at radius 1 is 1.26 bits per heavy atom. The van der Waals surface area contributed by atoms with E-state index in [0.717, 1.165) is 10.6 Å². The zero-order chi connectivity index (χ0) is 27.7. The molecule has 0 unspecified atom stereocenters. The molecule has 2 fully saturated rings. The van der Waals surface area contributed by atoms with E-state index in [1.54, 1.807) is 51.1 Å². The molecule has 2 aliphatic rings. The number of para-hydroxylation sites is 1. The molecule has 4 rings (SSSR count). The molecule has 2 aliphatic heterocycles. The van der Waals surface area contributed by atoms with Gasteiger partial charge in [0.05, 0.1) is 18.8 Å². The monoisotopic (exact) mass is 553 g/mol. The minimum atomic E-state index is -4.25. The molecule has 2 bridgehead atoms. The predicted octanol–water partition coefficient (Wildman–Crippen LogP) is 1.48. The van der Waals surface area contributed by atoms with E-state index < -0.39 is 73.9 Å². The summed E-state index contributed by atoms with van der Waals surface area (Å²) in [4.78, 5) is 38.5. The number of rotatable bonds is 10. The predicted molar refractivity (Wildman–Crippen MR) is 134 cm³/mol. The molecule has 3 heterocycles. The maximum Gasteiger partial charge on any atom is 0.459 e. The Hall–Kier alpha value is -2.80. The third-order valence-electron chi connectivity index (χ3n) is 6.14. The minimum Gasteiger partial charge on any atom is -0.462 e. The summed E-state index contributed by atoms with van der Waals surface area (Å²) in [6, 6.07) is 8.33. The first-order chi connectivity index (χ1) is 17.9. The van der Waals surface area contributed by atoms with Gasteiger partial charge >= 0.3 is 19.4 Å². The molecule has 0 spiro atoms. The van der Waals surface area contributed by atoms with Gasteiger partial charge in [-0.25, -0.2) is 9.36 Å². The van der Waals surface area contributed by atoms with E-state index in [4.69, 9.17) is 23.3 Å². The number of fused-ring (bicyclic) bond motifs is 2. The van der Waals surface area contributed by atoms with Gasteiger partial charge in [-0.3, -0.25) is 23.7 Å². The Bertz CT molecular complexity index is 1300. The van der Waals surface area contributed by atoms with Crippen molar-refractivity contribution in [1.29, 1.82) is 0 Å². The zero-order valence-electron chi connectivity index (χ0n) is 21.4. The summed E-state index contributed by atoms with van der Waals surface area (Å²) >= 11 is 0. The van der Waals surface area contributed by atoms with E-state index in [2.05, 4.69) is 10.1 Å². The molecule has 1 aromatic carbocycles. The maximum absolute atomic E-state index is 13.9. The van der Waals surface area contributed by atoms with Gasteiger partial charge in [-0.1, -0.05) is 18.2 Å². The van der Waals surface area contributed by atoms with Gasteiger partial charge in [-0.05, 0) is 39.8 Å². The number of ether oxygens (including phenoxy) is 3. The molecular formula is C24H32N3O10P. The highest BCUT2D eigenvalue weighted by atomic mass is 31.2. The number of aromatic nitrogens is 2. The van der Waals surface area contributed by atoms with Crippen LogP contribution >= 0.6 is 7.75 Å². The standard InChI is InChI=1S/C24H32N3O10P/c1-14(2)34-22(30)16(4)26-38(32,37-17-8-6-5-7-9-17)33-13-24-12-15(3)35-19(20(24)29)21(36-24)27-11-10-18(28)25-23(27)31/h5-11,14-16,19-21,29H,12-13H2,1-4H3,(H,26,32)(H,25,28,31)/t15-,16-,19+,20-,21+,24+,38+/m0/s1. The van der Waals surface area contributed by atoms with Crippen LogP contribution < -0.4 is 20.9 Å². The molecule has 2 saturated heterocycles. The molecule has 2 aromatic rings. The lowest BCUT2D eigenvalue weighted by Crippen LogP contribution is -2.54. The minimum absolute atomic E-state index is 0.134. The molecule has 0 radical (unpaired) electrons. The Labute approximate surface area is 218 Å². The van der Waals surface area contributed by atoms with Gasteiger partial charge in [0.15, 0.2) is 6.23 Å². The van der Waals surface area contributed by atoms with Crippen LogP contribution in [-0.4, -0.2) is 63.3 Å². The van der Waals surface area contributed by atoms with Crippen LogP contribution in [-0.2, 0) is 28.1 Å². The summed E-state index contributed by atoms with van der Waals surface area (Å²) in [5.41, 5.74) is -2.77. The number of hydrogen-bond acceptors (Lipinski definition) is 10. The average Bonchev–Trinajstić information content (AvgIpc) is 2.99. The van der Waals surface area contributed by atoms with Crippen molar-refractivity contribution in [2.45, 2.75) is 76.4 Å². The van der Waals surface area contributed by atoms with Crippen molar-refractivity contribution >= 4 is 13.7 Å². The number of aliphatic hydroxyl groups is 1. The number of carbonyl (C=O) groups is 1. The number of benzene rings is 1. The van der Waals surface area contributed by atoms with Crippen molar-refractivity contribution in [3.63, 3.8) is 0 Å². The van der Waals surface area contributed by atoms with Crippen LogP contribution in [0.1, 0.15) is 40.3 Å². The lowest BCUT2D eigenvalue weighted by molar-refractivity contribution is -0.158. The summed E-state index contributed by atoms with van der Waals surface area (Å²) in [7, 11) is -4.25. The van der Waals surface area contributed by atoms with Gasteiger partial charge < -0.3 is 23.8 Å². The van der Waals surface area contributed by atoms with Crippen LogP contribution in [0.2, 0.25) is 0 Å². The molecule has 0 amide bonds. The average molecular weight is 554 g/mol. The second-order valence-corrected chi connectivity index (χ2v) is 11.4. The molecule has 208 valence electrons. The third kappa shape index (κ3) is 6.09. The summed E-state index contributed by atoms with van der Waals surface area (Å²) < 4.78 is 43.7. The van der Waals surface area contributed by atoms with Crippen LogP contribution in [0.3, 0.4) is 0 Å². The summed E-state index contributed by atoms with van der Waals surface area (Å²) in [5, 5.41) is 13.8. The molecule has 38 heavy (non-hydrogen) atoms. The molecule has 7 atom stereocenters. The van der Waals surface area contributed by atoms with Gasteiger partial charge in [-0.15, -0.1) is 0 Å². The Balaban J connectivity index is 1.60. The van der Waals surface area contributed by atoms with Crippen LogP contribution in [0, 0.1) is 0 Å². The summed E-state index contributed by atoms with van der Waals surface area (Å²) in [6.07, 6.45) is -2.78. The fraction of sp³-hybridized carbons (Fsp3) is 0.542. The van der Waals surface area contributed by atoms with E-state index in [9.17, 15) is 24.1 Å². The van der Waals surface area contributed by atoms with Gasteiger partial charge in [0.25, 0.3) is 5.56 Å². The first kappa shape index (κ1) is 28.2. The van der Waals surface area contributed by atoms with E-state index >= 15 is 0 Å². The molecule has 0 aliphatic carbocycles. The van der Waals surface area contributed by atoms with Gasteiger partial charge in [0, 0.05) is 18.7 Å². The van der Waals surface area contributed by atoms with Crippen molar-refractivity contribution in [3.8, 4) is 5.75 Å². The lowest BCUT2D eigenvalue weighted by Gasteiger charge is -2.39. The summed E-state index contributed by atoms with van der Waals surface area (Å²) in [5.74, 6) is -0.442. The van der Waals surface area contributed by atoms with Crippen LogP contribution in [0.15, 0.2) is 52.2 Å². The van der Waals surface area contributed by atoms with Crippen molar-refractivity contribution in [1.82, 2.24) is 14.6 Å². The highest BCUT2D eigenvalue weighted by Crippen LogP contribution is 2.51. The van der Waals surface area contributed by atoms with Crippen molar-refractivity contribution in [2.24, 2.45) is 0 Å². The molecule has 0 saturated carbocycles. The first-order valence-corrected chi connectivity index (χ1v) is 13.8. The first-order valence-electron chi connectivity index (χ1n) is 12.2. The van der Waals surface area contributed by atoms with Gasteiger partial charge in [0.2, 0.25) is 0 Å². The fourth-order valence-corrected chi connectivity index (χ4v) is 6.04. The van der Waals surface area contributed by atoms with Crippen molar-refractivity contribution in [3.05, 3.63) is 63.4 Å². The largest absolute Gasteiger partial charge is 0.462 e. The third-order valence-corrected chi connectivity index (χ3v) is 7.76. The highest BCUT2D eigenvalue weighted by molar-refractivity contribution is 7.52. The van der Waals surface area contributed by atoms with Crippen molar-refractivity contribution in [2.75, 3.05) is 6.61 Å². The molecule has 13 nitrogen and oxygen atoms in total. The zero-order valence-corrected chi connectivity index (χ0v) is 22.3. The second-order valence-electron chi connectivity index (χ2n) is 9.66. The Morgan fingerprint density at radius 2 is 1.97 bits per heavy atom. The lowest BCUT2D eigenvalue weighted by atomic mass is 9.87. The number of esters is 1. The molecular weight excluding hydrogens is 521 g/mol. The topological polar surface area (TPSA) is 167 Å². The van der Waals surface area contributed by atoms with Gasteiger partial charge in [-0.2, -0.15) is 5.09 Å². The van der Waals surface area contributed by atoms with Crippen LogP contribution in [0.5, 0.6) is 5.75 Å². The Morgan fingerprint density at radius 3 is 2.63 bits per heavy atom. The smallest absolute Gasteiger partial charge is 0.459 e. The van der Waals surface area contributed by atoms with E-state index in [-0.39, 0.29) is 12.2 Å². The van der Waals surface area contributed by atoms with Crippen LogP contribution in [0.4, 0.5) is 0 Å². The normalized spacial score (nSPS) is 29.0. The number of nitrogens with one attached hydrogen (secondary N) is 2. The number of nitrogens with zero attached hydrogens (tertiary/aromatic N) is 1. The fourth-order valence-electron chi connectivity index (χ4n) is 4.50. The SMILES string of the molecule is CC(C)OC(=O)[C@H](C)N[P@@](=O)(OC[C@@]12C[C@H](C)O[C@@H]([C@H](n3ccc(=O)[nH]c3=O)O1)[C@@H]2O)Oc1ccccc1. The van der Waals surface area contributed by atoms with E-state index in [0.29, 0.717) is 0 Å².